The van der Waals surface area contributed by atoms with Crippen LogP contribution < -0.4 is 10.2 Å². The normalized spacial score (nSPS) is 15.0. The van der Waals surface area contributed by atoms with Crippen LogP contribution in [-0.4, -0.2) is 18.5 Å². The summed E-state index contributed by atoms with van der Waals surface area (Å²) in [5.41, 5.74) is 3.85. The Balaban J connectivity index is 1.80. The van der Waals surface area contributed by atoms with E-state index >= 15 is 0 Å². The number of carbonyl (C=O) groups excluding carboxylic acids is 1. The Bertz CT molecular complexity index is 729. The molecule has 1 aliphatic heterocycles. The standard InChI is InChI=1S/C19H21FN2O/c1-13-9-10-18-15(12-13)6-5-11-22(18)14(2)19(23)21-17-8-4-3-7-16(17)20/h3-4,7-10,12,14H,5-6,11H2,1-2H3,(H,21,23)/t14-/m0/s1. The Labute approximate surface area is 136 Å². The predicted octanol–water partition coefficient (Wildman–Crippen LogP) is 3.91. The van der Waals surface area contributed by atoms with E-state index in [1.165, 1.54) is 17.2 Å². The van der Waals surface area contributed by atoms with Gasteiger partial charge >= 0.3 is 0 Å². The van der Waals surface area contributed by atoms with Crippen molar-refractivity contribution in [3.63, 3.8) is 0 Å². The molecule has 0 fully saturated rings. The van der Waals surface area contributed by atoms with Crippen LogP contribution in [0.25, 0.3) is 0 Å². The fourth-order valence-corrected chi connectivity index (χ4v) is 3.10. The molecule has 120 valence electrons. The van der Waals surface area contributed by atoms with Gasteiger partial charge in [0.15, 0.2) is 0 Å². The molecule has 1 heterocycles. The Morgan fingerprint density at radius 1 is 1.26 bits per heavy atom. The van der Waals surface area contributed by atoms with E-state index in [1.54, 1.807) is 18.2 Å². The lowest BCUT2D eigenvalue weighted by atomic mass is 9.98. The van der Waals surface area contributed by atoms with Crippen LogP contribution in [0.2, 0.25) is 0 Å². The molecule has 0 aliphatic carbocycles. The molecule has 0 saturated heterocycles. The molecule has 0 radical (unpaired) electrons. The number of hydrogen-bond donors (Lipinski definition) is 1. The summed E-state index contributed by atoms with van der Waals surface area (Å²) in [5, 5.41) is 2.69. The molecule has 0 aromatic heterocycles. The second-order valence-electron chi connectivity index (χ2n) is 6.07. The average Bonchev–Trinajstić information content (AvgIpc) is 2.55. The molecule has 1 aliphatic rings. The molecule has 1 atom stereocenters. The van der Waals surface area contributed by atoms with Crippen LogP contribution in [-0.2, 0) is 11.2 Å². The summed E-state index contributed by atoms with van der Waals surface area (Å²) in [5.74, 6) is -0.605. The first-order valence-corrected chi connectivity index (χ1v) is 7.98. The van der Waals surface area contributed by atoms with E-state index in [0.717, 1.165) is 25.1 Å². The fraction of sp³-hybridized carbons (Fsp3) is 0.316. The van der Waals surface area contributed by atoms with Crippen LogP contribution >= 0.6 is 0 Å². The molecule has 0 unspecified atom stereocenters. The molecule has 23 heavy (non-hydrogen) atoms. The molecular weight excluding hydrogens is 291 g/mol. The van der Waals surface area contributed by atoms with Gasteiger partial charge in [-0.2, -0.15) is 0 Å². The zero-order valence-corrected chi connectivity index (χ0v) is 13.5. The maximum atomic E-state index is 13.7. The van der Waals surface area contributed by atoms with Crippen molar-refractivity contribution in [1.82, 2.24) is 0 Å². The van der Waals surface area contributed by atoms with Gasteiger partial charge in [0.25, 0.3) is 0 Å². The molecule has 2 aromatic carbocycles. The highest BCUT2D eigenvalue weighted by molar-refractivity contribution is 5.96. The lowest BCUT2D eigenvalue weighted by molar-refractivity contribution is -0.117. The summed E-state index contributed by atoms with van der Waals surface area (Å²) in [6, 6.07) is 12.2. The van der Waals surface area contributed by atoms with Crippen molar-refractivity contribution in [3.8, 4) is 0 Å². The zero-order valence-electron chi connectivity index (χ0n) is 13.5. The SMILES string of the molecule is Cc1ccc2c(c1)CCCN2[C@@H](C)C(=O)Nc1ccccc1F. The summed E-state index contributed by atoms with van der Waals surface area (Å²) in [4.78, 5) is 14.6. The van der Waals surface area contributed by atoms with Gasteiger partial charge in [-0.15, -0.1) is 0 Å². The minimum Gasteiger partial charge on any atom is -0.360 e. The van der Waals surface area contributed by atoms with Crippen molar-refractivity contribution in [1.29, 1.82) is 0 Å². The number of hydrogen-bond acceptors (Lipinski definition) is 2. The summed E-state index contributed by atoms with van der Waals surface area (Å²) < 4.78 is 13.7. The third kappa shape index (κ3) is 3.21. The topological polar surface area (TPSA) is 32.3 Å². The smallest absolute Gasteiger partial charge is 0.246 e. The number of para-hydroxylation sites is 1. The summed E-state index contributed by atoms with van der Waals surface area (Å²) in [6.07, 6.45) is 2.06. The maximum Gasteiger partial charge on any atom is 0.246 e. The van der Waals surface area contributed by atoms with Crippen LogP contribution in [0, 0.1) is 12.7 Å². The second kappa shape index (κ2) is 6.41. The number of nitrogens with zero attached hydrogens (tertiary/aromatic N) is 1. The molecule has 0 spiro atoms. The van der Waals surface area contributed by atoms with E-state index in [9.17, 15) is 9.18 Å². The molecule has 3 nitrogen and oxygen atoms in total. The molecular formula is C19H21FN2O. The van der Waals surface area contributed by atoms with Crippen molar-refractivity contribution in [3.05, 3.63) is 59.4 Å². The Kier molecular flexibility index (Phi) is 4.33. The van der Waals surface area contributed by atoms with E-state index < -0.39 is 5.82 Å². The van der Waals surface area contributed by atoms with Crippen molar-refractivity contribution in [2.24, 2.45) is 0 Å². The maximum absolute atomic E-state index is 13.7. The molecule has 1 N–H and O–H groups in total. The lowest BCUT2D eigenvalue weighted by Gasteiger charge is -2.35. The van der Waals surface area contributed by atoms with Gasteiger partial charge in [-0.05, 0) is 50.5 Å². The van der Waals surface area contributed by atoms with E-state index in [2.05, 4.69) is 35.3 Å². The minimum absolute atomic E-state index is 0.191. The lowest BCUT2D eigenvalue weighted by Crippen LogP contribution is -2.44. The molecule has 3 rings (SSSR count). The van der Waals surface area contributed by atoms with Crippen LogP contribution in [0.1, 0.15) is 24.5 Å². The van der Waals surface area contributed by atoms with Crippen molar-refractivity contribution >= 4 is 17.3 Å². The number of benzene rings is 2. The van der Waals surface area contributed by atoms with Gasteiger partial charge < -0.3 is 10.2 Å². The van der Waals surface area contributed by atoms with Gasteiger partial charge in [-0.25, -0.2) is 4.39 Å². The number of halogens is 1. The van der Waals surface area contributed by atoms with Gasteiger partial charge in [0.2, 0.25) is 5.91 Å². The average molecular weight is 312 g/mol. The van der Waals surface area contributed by atoms with Gasteiger partial charge in [0.1, 0.15) is 11.9 Å². The quantitative estimate of drug-likeness (QED) is 0.932. The highest BCUT2D eigenvalue weighted by Gasteiger charge is 2.26. The van der Waals surface area contributed by atoms with Gasteiger partial charge in [-0.1, -0.05) is 29.8 Å². The largest absolute Gasteiger partial charge is 0.360 e. The molecule has 4 heteroatoms. The first kappa shape index (κ1) is 15.5. The number of rotatable bonds is 3. The third-order valence-electron chi connectivity index (χ3n) is 4.37. The monoisotopic (exact) mass is 312 g/mol. The van der Waals surface area contributed by atoms with Gasteiger partial charge in [0, 0.05) is 12.2 Å². The van der Waals surface area contributed by atoms with E-state index in [-0.39, 0.29) is 17.6 Å². The fourth-order valence-electron chi connectivity index (χ4n) is 3.10. The Morgan fingerprint density at radius 2 is 2.04 bits per heavy atom. The molecule has 2 aromatic rings. The first-order valence-electron chi connectivity index (χ1n) is 7.98. The third-order valence-corrected chi connectivity index (χ3v) is 4.37. The first-order chi connectivity index (χ1) is 11.1. The van der Waals surface area contributed by atoms with Crippen molar-refractivity contribution < 1.29 is 9.18 Å². The van der Waals surface area contributed by atoms with Crippen LogP contribution in [0.4, 0.5) is 15.8 Å². The number of amides is 1. The van der Waals surface area contributed by atoms with Gasteiger partial charge in [0.05, 0.1) is 5.69 Å². The molecule has 0 saturated carbocycles. The Hall–Kier alpha value is -2.36. The van der Waals surface area contributed by atoms with Gasteiger partial charge in [-0.3, -0.25) is 4.79 Å². The van der Waals surface area contributed by atoms with Crippen molar-refractivity contribution in [2.75, 3.05) is 16.8 Å². The highest BCUT2D eigenvalue weighted by Crippen LogP contribution is 2.30. The van der Waals surface area contributed by atoms with E-state index in [1.807, 2.05) is 6.92 Å². The number of nitrogens with one attached hydrogen (secondary N) is 1. The summed E-state index contributed by atoms with van der Waals surface area (Å²) >= 11 is 0. The summed E-state index contributed by atoms with van der Waals surface area (Å²) in [6.45, 7) is 4.78. The zero-order chi connectivity index (χ0) is 16.4. The molecule has 0 bridgehead atoms. The van der Waals surface area contributed by atoms with Crippen LogP contribution in [0.5, 0.6) is 0 Å². The van der Waals surface area contributed by atoms with Crippen LogP contribution in [0.15, 0.2) is 42.5 Å². The number of carbonyl (C=O) groups is 1. The molecule has 1 amide bonds. The minimum atomic E-state index is -0.414. The number of aryl methyl sites for hydroxylation is 2. The van der Waals surface area contributed by atoms with Crippen LogP contribution in [0.3, 0.4) is 0 Å². The second-order valence-corrected chi connectivity index (χ2v) is 6.07. The summed E-state index contributed by atoms with van der Waals surface area (Å²) in [7, 11) is 0. The van der Waals surface area contributed by atoms with E-state index in [4.69, 9.17) is 0 Å². The predicted molar refractivity (Wildman–Crippen MR) is 91.3 cm³/mol. The van der Waals surface area contributed by atoms with E-state index in [0.29, 0.717) is 0 Å². The number of fused-ring (bicyclic) bond motifs is 1. The highest BCUT2D eigenvalue weighted by atomic mass is 19.1. The Morgan fingerprint density at radius 3 is 2.83 bits per heavy atom. The van der Waals surface area contributed by atoms with Crippen molar-refractivity contribution in [2.45, 2.75) is 32.7 Å². The number of anilines is 2.